The average Bonchev–Trinajstić information content (AvgIpc) is 2.05. The molecule has 56 valence electrons. The van der Waals surface area contributed by atoms with E-state index in [1.165, 1.54) is 45.2 Å². The molecule has 2 radical (unpaired) electrons. The van der Waals surface area contributed by atoms with Crippen LogP contribution in [0.25, 0.3) is 0 Å². The summed E-state index contributed by atoms with van der Waals surface area (Å²) in [4.78, 5) is 2.64. The van der Waals surface area contributed by atoms with E-state index < -0.39 is 0 Å². The van der Waals surface area contributed by atoms with Crippen molar-refractivity contribution < 1.29 is 0 Å². The molecule has 2 heterocycles. The SMILES string of the molecule is [C]1CCN2CCCCC2C1. The largest absolute Gasteiger partial charge is 0.300 e. The summed E-state index contributed by atoms with van der Waals surface area (Å²) in [6.07, 6.45) is 10.2. The Balaban J connectivity index is 1.93. The van der Waals surface area contributed by atoms with Gasteiger partial charge in [-0.25, -0.2) is 0 Å². The van der Waals surface area contributed by atoms with Crippen molar-refractivity contribution >= 4 is 0 Å². The van der Waals surface area contributed by atoms with Gasteiger partial charge in [-0.15, -0.1) is 0 Å². The van der Waals surface area contributed by atoms with Gasteiger partial charge in [-0.2, -0.15) is 0 Å². The second-order valence-corrected chi connectivity index (χ2v) is 3.39. The highest BCUT2D eigenvalue weighted by Gasteiger charge is 2.24. The third-order valence-electron chi connectivity index (χ3n) is 2.70. The highest BCUT2D eigenvalue weighted by atomic mass is 15.2. The molecule has 1 heteroatoms. The van der Waals surface area contributed by atoms with Crippen LogP contribution in [-0.2, 0) is 0 Å². The minimum absolute atomic E-state index is 0.877. The molecule has 1 atom stereocenters. The Bertz CT molecular complexity index is 85.3. The zero-order valence-corrected chi connectivity index (χ0v) is 6.47. The van der Waals surface area contributed by atoms with Crippen LogP contribution in [0.1, 0.15) is 32.1 Å². The third kappa shape index (κ3) is 1.20. The number of nitrogens with zero attached hydrogens (tertiary/aromatic N) is 1. The predicted octanol–water partition coefficient (Wildman–Crippen LogP) is 1.72. The lowest BCUT2D eigenvalue weighted by atomic mass is 9.93. The van der Waals surface area contributed by atoms with E-state index >= 15 is 0 Å². The van der Waals surface area contributed by atoms with Crippen molar-refractivity contribution in [2.24, 2.45) is 0 Å². The Morgan fingerprint density at radius 2 is 2.20 bits per heavy atom. The van der Waals surface area contributed by atoms with Crippen molar-refractivity contribution in [2.75, 3.05) is 13.1 Å². The van der Waals surface area contributed by atoms with Crippen LogP contribution in [0, 0.1) is 6.42 Å². The van der Waals surface area contributed by atoms with E-state index in [1.807, 2.05) is 0 Å². The molecule has 0 N–H and O–H groups in total. The molecule has 2 rings (SSSR count). The lowest BCUT2D eigenvalue weighted by Crippen LogP contribution is -2.42. The predicted molar refractivity (Wildman–Crippen MR) is 41.7 cm³/mol. The van der Waals surface area contributed by atoms with Gasteiger partial charge in [0.25, 0.3) is 0 Å². The number of hydrogen-bond donors (Lipinski definition) is 0. The molecule has 0 bridgehead atoms. The molecular weight excluding hydrogens is 122 g/mol. The van der Waals surface area contributed by atoms with Gasteiger partial charge in [0.1, 0.15) is 0 Å². The molecule has 0 saturated carbocycles. The van der Waals surface area contributed by atoms with Crippen LogP contribution in [0.3, 0.4) is 0 Å². The fraction of sp³-hybridized carbons (Fsp3) is 0.889. The first-order valence-corrected chi connectivity index (χ1v) is 4.41. The normalized spacial score (nSPS) is 30.0. The molecule has 2 aliphatic heterocycles. The van der Waals surface area contributed by atoms with Gasteiger partial charge in [0.2, 0.25) is 0 Å². The zero-order valence-electron chi connectivity index (χ0n) is 6.47. The van der Waals surface area contributed by atoms with Crippen LogP contribution in [0.2, 0.25) is 0 Å². The van der Waals surface area contributed by atoms with E-state index in [-0.39, 0.29) is 0 Å². The van der Waals surface area contributed by atoms with E-state index in [9.17, 15) is 0 Å². The Labute approximate surface area is 63.4 Å². The first kappa shape index (κ1) is 6.66. The topological polar surface area (TPSA) is 3.24 Å². The van der Waals surface area contributed by atoms with Crippen molar-refractivity contribution in [3.63, 3.8) is 0 Å². The highest BCUT2D eigenvalue weighted by molar-refractivity contribution is 4.87. The number of rotatable bonds is 0. The van der Waals surface area contributed by atoms with Crippen molar-refractivity contribution in [3.8, 4) is 0 Å². The van der Waals surface area contributed by atoms with E-state index in [4.69, 9.17) is 0 Å². The molecule has 10 heavy (non-hydrogen) atoms. The second kappa shape index (κ2) is 2.91. The molecule has 0 aromatic heterocycles. The van der Waals surface area contributed by atoms with Crippen molar-refractivity contribution in [1.29, 1.82) is 0 Å². The van der Waals surface area contributed by atoms with Gasteiger partial charge in [-0.05, 0) is 45.2 Å². The molecule has 0 aromatic carbocycles. The Hall–Kier alpha value is -0.0400. The third-order valence-corrected chi connectivity index (χ3v) is 2.70. The molecule has 0 amide bonds. The molecule has 1 nitrogen and oxygen atoms in total. The summed E-state index contributed by atoms with van der Waals surface area (Å²) in [7, 11) is 0. The minimum atomic E-state index is 0.877. The van der Waals surface area contributed by atoms with Crippen molar-refractivity contribution in [2.45, 2.75) is 38.1 Å². The molecule has 2 aliphatic rings. The van der Waals surface area contributed by atoms with Crippen LogP contribution >= 0.6 is 0 Å². The van der Waals surface area contributed by atoms with Crippen LogP contribution in [0.15, 0.2) is 0 Å². The maximum Gasteiger partial charge on any atom is 0.0101 e. The standard InChI is InChI=1S/C9H15N/c1-3-7-10-8-4-2-6-9(10)5-1/h9H,1,3-8H2. The van der Waals surface area contributed by atoms with E-state index in [0.29, 0.717) is 0 Å². The maximum absolute atomic E-state index is 3.44. The van der Waals surface area contributed by atoms with Gasteiger partial charge in [-0.3, -0.25) is 0 Å². The molecular formula is C9H15N. The summed E-state index contributed by atoms with van der Waals surface area (Å²) < 4.78 is 0. The molecule has 0 spiro atoms. The van der Waals surface area contributed by atoms with Crippen LogP contribution < -0.4 is 0 Å². The summed E-state index contributed by atoms with van der Waals surface area (Å²) in [6, 6.07) is 0.877. The fourth-order valence-corrected chi connectivity index (χ4v) is 2.08. The zero-order chi connectivity index (χ0) is 6.81. The van der Waals surface area contributed by atoms with Crippen LogP contribution in [0.5, 0.6) is 0 Å². The number of fused-ring (bicyclic) bond motifs is 1. The summed E-state index contributed by atoms with van der Waals surface area (Å²) in [5.74, 6) is 0. The smallest absolute Gasteiger partial charge is 0.0101 e. The molecule has 0 aromatic rings. The monoisotopic (exact) mass is 137 g/mol. The van der Waals surface area contributed by atoms with Crippen molar-refractivity contribution in [1.82, 2.24) is 4.90 Å². The highest BCUT2D eigenvalue weighted by Crippen LogP contribution is 2.24. The van der Waals surface area contributed by atoms with Crippen molar-refractivity contribution in [3.05, 3.63) is 6.42 Å². The van der Waals surface area contributed by atoms with E-state index in [2.05, 4.69) is 11.3 Å². The molecule has 0 aliphatic carbocycles. The molecule has 2 fully saturated rings. The summed E-state index contributed by atoms with van der Waals surface area (Å²) in [6.45, 7) is 2.64. The Kier molecular flexibility index (Phi) is 1.94. The van der Waals surface area contributed by atoms with Gasteiger partial charge in [-0.1, -0.05) is 6.42 Å². The lowest BCUT2D eigenvalue weighted by Gasteiger charge is -2.38. The van der Waals surface area contributed by atoms with E-state index in [0.717, 1.165) is 6.04 Å². The van der Waals surface area contributed by atoms with Gasteiger partial charge in [0, 0.05) is 6.04 Å². The van der Waals surface area contributed by atoms with Gasteiger partial charge in [0.15, 0.2) is 0 Å². The second-order valence-electron chi connectivity index (χ2n) is 3.39. The molecule has 2 saturated heterocycles. The summed E-state index contributed by atoms with van der Waals surface area (Å²) in [5.41, 5.74) is 0. The van der Waals surface area contributed by atoms with Crippen LogP contribution in [0.4, 0.5) is 0 Å². The number of hydrogen-bond acceptors (Lipinski definition) is 1. The first-order valence-electron chi connectivity index (χ1n) is 4.41. The fourth-order valence-electron chi connectivity index (χ4n) is 2.08. The summed E-state index contributed by atoms with van der Waals surface area (Å²) >= 11 is 0. The Morgan fingerprint density at radius 3 is 3.10 bits per heavy atom. The van der Waals surface area contributed by atoms with E-state index in [1.54, 1.807) is 0 Å². The first-order chi connectivity index (χ1) is 4.97. The average molecular weight is 137 g/mol. The maximum atomic E-state index is 3.44. The quantitative estimate of drug-likeness (QED) is 0.491. The van der Waals surface area contributed by atoms with Gasteiger partial charge >= 0.3 is 0 Å². The van der Waals surface area contributed by atoms with Gasteiger partial charge in [0.05, 0.1) is 0 Å². The van der Waals surface area contributed by atoms with Crippen LogP contribution in [-0.4, -0.2) is 24.0 Å². The summed E-state index contributed by atoms with van der Waals surface area (Å²) in [5, 5.41) is 0. The minimum Gasteiger partial charge on any atom is -0.300 e. The molecule has 1 unspecified atom stereocenters. The van der Waals surface area contributed by atoms with Gasteiger partial charge < -0.3 is 4.90 Å². The number of piperidine rings is 2. The Morgan fingerprint density at radius 1 is 1.20 bits per heavy atom. The lowest BCUT2D eigenvalue weighted by molar-refractivity contribution is 0.128.